The van der Waals surface area contributed by atoms with Gasteiger partial charge in [0.1, 0.15) is 12.0 Å². The van der Waals surface area contributed by atoms with Gasteiger partial charge in [-0.05, 0) is 31.7 Å². The van der Waals surface area contributed by atoms with Crippen LogP contribution in [0.25, 0.3) is 22.9 Å². The van der Waals surface area contributed by atoms with E-state index in [1.807, 2.05) is 39.7 Å². The van der Waals surface area contributed by atoms with E-state index in [0.717, 1.165) is 35.0 Å². The van der Waals surface area contributed by atoms with Gasteiger partial charge in [0.25, 0.3) is 5.95 Å². The number of benzene rings is 1. The van der Waals surface area contributed by atoms with Crippen molar-refractivity contribution in [3.8, 4) is 22.9 Å². The quantitative estimate of drug-likeness (QED) is 0.521. The Morgan fingerprint density at radius 2 is 1.97 bits per heavy atom. The van der Waals surface area contributed by atoms with Gasteiger partial charge in [0.2, 0.25) is 0 Å². The van der Waals surface area contributed by atoms with E-state index in [9.17, 15) is 0 Å². The molecule has 0 saturated heterocycles. The predicted molar refractivity (Wildman–Crippen MR) is 113 cm³/mol. The smallest absolute Gasteiger partial charge is 0.253 e. The monoisotopic (exact) mass is 398 g/mol. The van der Waals surface area contributed by atoms with Crippen LogP contribution in [-0.2, 0) is 0 Å². The first-order valence-electron chi connectivity index (χ1n) is 10.5. The number of anilines is 1. The number of fused-ring (bicyclic) bond motifs is 3. The Morgan fingerprint density at radius 3 is 2.73 bits per heavy atom. The van der Waals surface area contributed by atoms with E-state index in [1.165, 1.54) is 19.3 Å². The zero-order valence-corrected chi connectivity index (χ0v) is 16.8. The van der Waals surface area contributed by atoms with Crippen LogP contribution < -0.4 is 4.90 Å². The highest BCUT2D eigenvalue weighted by molar-refractivity contribution is 5.64. The summed E-state index contributed by atoms with van der Waals surface area (Å²) in [6.45, 7) is 2.20. The summed E-state index contributed by atoms with van der Waals surface area (Å²) in [5.74, 6) is 2.49. The predicted octanol–water partition coefficient (Wildman–Crippen LogP) is 3.73. The molecule has 1 aliphatic heterocycles. The molecule has 30 heavy (non-hydrogen) atoms. The van der Waals surface area contributed by atoms with Gasteiger partial charge >= 0.3 is 0 Å². The van der Waals surface area contributed by atoms with Crippen LogP contribution in [0.1, 0.15) is 44.5 Å². The lowest BCUT2D eigenvalue weighted by Crippen LogP contribution is -2.46. The molecule has 4 aromatic rings. The van der Waals surface area contributed by atoms with Crippen LogP contribution in [0.15, 0.2) is 55.1 Å². The molecule has 150 valence electrons. The van der Waals surface area contributed by atoms with Crippen LogP contribution in [0, 0.1) is 0 Å². The van der Waals surface area contributed by atoms with Gasteiger partial charge in [-0.1, -0.05) is 37.3 Å². The minimum Gasteiger partial charge on any atom is -0.341 e. The third-order valence-corrected chi connectivity index (χ3v) is 6.21. The van der Waals surface area contributed by atoms with Gasteiger partial charge in [0, 0.05) is 11.6 Å². The standard InChI is InChI=1S/C22H22N8/c1-2-17-21-27-24-14-28(21)19-13-23-22(26-20(19)29(17)16-9-6-10-16)30-18(11-12-25-30)15-7-4-3-5-8-15/h3-5,7-8,11-14,16-17H,2,6,9-10H2,1H3. The summed E-state index contributed by atoms with van der Waals surface area (Å²) in [5.41, 5.74) is 2.99. The molecule has 1 aromatic carbocycles. The van der Waals surface area contributed by atoms with Crippen molar-refractivity contribution in [1.29, 1.82) is 0 Å². The molecule has 1 saturated carbocycles. The molecule has 1 atom stereocenters. The summed E-state index contributed by atoms with van der Waals surface area (Å²) in [6.07, 6.45) is 10.0. The van der Waals surface area contributed by atoms with Crippen LogP contribution in [0.4, 0.5) is 5.82 Å². The minimum absolute atomic E-state index is 0.166. The first-order chi connectivity index (χ1) is 14.8. The molecule has 0 amide bonds. The summed E-state index contributed by atoms with van der Waals surface area (Å²) in [7, 11) is 0. The van der Waals surface area contributed by atoms with Crippen molar-refractivity contribution >= 4 is 5.82 Å². The molecule has 6 rings (SSSR count). The Bertz CT molecular complexity index is 1190. The lowest BCUT2D eigenvalue weighted by molar-refractivity contribution is 0.341. The molecule has 0 N–H and O–H groups in total. The Balaban J connectivity index is 1.51. The molecule has 8 nitrogen and oxygen atoms in total. The van der Waals surface area contributed by atoms with E-state index in [2.05, 4.69) is 44.2 Å². The number of nitrogens with zero attached hydrogens (tertiary/aromatic N) is 8. The topological polar surface area (TPSA) is 77.5 Å². The van der Waals surface area contributed by atoms with E-state index in [1.54, 1.807) is 12.5 Å². The van der Waals surface area contributed by atoms with Crippen molar-refractivity contribution in [3.05, 3.63) is 60.9 Å². The molecule has 3 aromatic heterocycles. The largest absolute Gasteiger partial charge is 0.341 e. The van der Waals surface area contributed by atoms with Gasteiger partial charge in [-0.2, -0.15) is 14.8 Å². The highest BCUT2D eigenvalue weighted by Crippen LogP contribution is 2.43. The van der Waals surface area contributed by atoms with Crippen molar-refractivity contribution < 1.29 is 0 Å². The van der Waals surface area contributed by atoms with Crippen LogP contribution in [0.3, 0.4) is 0 Å². The number of aromatic nitrogens is 7. The molecule has 2 aliphatic rings. The Kier molecular flexibility index (Phi) is 3.90. The van der Waals surface area contributed by atoms with Crippen LogP contribution >= 0.6 is 0 Å². The van der Waals surface area contributed by atoms with Crippen molar-refractivity contribution in [3.63, 3.8) is 0 Å². The van der Waals surface area contributed by atoms with E-state index >= 15 is 0 Å². The highest BCUT2D eigenvalue weighted by Gasteiger charge is 2.39. The highest BCUT2D eigenvalue weighted by atomic mass is 15.4. The van der Waals surface area contributed by atoms with Crippen molar-refractivity contribution in [2.45, 2.75) is 44.7 Å². The third-order valence-electron chi connectivity index (χ3n) is 6.21. The second kappa shape index (κ2) is 6.76. The first kappa shape index (κ1) is 17.3. The van der Waals surface area contributed by atoms with Gasteiger partial charge in [0.05, 0.1) is 24.1 Å². The van der Waals surface area contributed by atoms with Gasteiger partial charge in [0.15, 0.2) is 11.6 Å². The summed E-state index contributed by atoms with van der Waals surface area (Å²) in [6, 6.07) is 12.8. The second-order valence-electron chi connectivity index (χ2n) is 7.85. The first-order valence-corrected chi connectivity index (χ1v) is 10.5. The summed E-state index contributed by atoms with van der Waals surface area (Å²) in [4.78, 5) is 12.2. The lowest BCUT2D eigenvalue weighted by Gasteiger charge is -2.45. The van der Waals surface area contributed by atoms with Crippen molar-refractivity contribution in [2.24, 2.45) is 0 Å². The third kappa shape index (κ3) is 2.49. The molecule has 0 bridgehead atoms. The fourth-order valence-electron chi connectivity index (χ4n) is 4.51. The normalized spacial score (nSPS) is 18.0. The lowest BCUT2D eigenvalue weighted by atomic mass is 9.89. The van der Waals surface area contributed by atoms with E-state index < -0.39 is 0 Å². The summed E-state index contributed by atoms with van der Waals surface area (Å²) < 4.78 is 3.85. The Morgan fingerprint density at radius 1 is 1.10 bits per heavy atom. The average Bonchev–Trinajstić information content (AvgIpc) is 3.43. The van der Waals surface area contributed by atoms with Gasteiger partial charge < -0.3 is 4.90 Å². The molecule has 4 heterocycles. The molecule has 0 spiro atoms. The maximum absolute atomic E-state index is 5.04. The molecular weight excluding hydrogens is 376 g/mol. The van der Waals surface area contributed by atoms with Gasteiger partial charge in [-0.3, -0.25) is 4.57 Å². The van der Waals surface area contributed by atoms with E-state index in [0.29, 0.717) is 12.0 Å². The number of rotatable bonds is 4. The Hall–Kier alpha value is -3.55. The fraction of sp³-hybridized carbons (Fsp3) is 0.318. The fourth-order valence-corrected chi connectivity index (χ4v) is 4.51. The molecule has 0 radical (unpaired) electrons. The minimum atomic E-state index is 0.166. The Labute approximate surface area is 174 Å². The van der Waals surface area contributed by atoms with Gasteiger partial charge in [-0.25, -0.2) is 4.98 Å². The summed E-state index contributed by atoms with van der Waals surface area (Å²) >= 11 is 0. The zero-order chi connectivity index (χ0) is 20.1. The van der Waals surface area contributed by atoms with Crippen LogP contribution in [0.5, 0.6) is 0 Å². The van der Waals surface area contributed by atoms with Crippen molar-refractivity contribution in [1.82, 2.24) is 34.5 Å². The summed E-state index contributed by atoms with van der Waals surface area (Å²) in [5, 5.41) is 13.1. The van der Waals surface area contributed by atoms with Crippen molar-refractivity contribution in [2.75, 3.05) is 4.90 Å². The SMILES string of the molecule is CCC1c2nncn2-c2cnc(-n3nccc3-c3ccccc3)nc2N1C1CCC1. The molecule has 1 aliphatic carbocycles. The average molecular weight is 398 g/mol. The molecule has 1 unspecified atom stereocenters. The number of hydrogen-bond acceptors (Lipinski definition) is 6. The maximum Gasteiger partial charge on any atom is 0.253 e. The van der Waals surface area contributed by atoms with Crippen LogP contribution in [-0.4, -0.2) is 40.6 Å². The zero-order valence-electron chi connectivity index (χ0n) is 16.8. The van der Waals surface area contributed by atoms with Crippen LogP contribution in [0.2, 0.25) is 0 Å². The molecule has 1 fully saturated rings. The second-order valence-corrected chi connectivity index (χ2v) is 7.85. The number of hydrogen-bond donors (Lipinski definition) is 0. The van der Waals surface area contributed by atoms with E-state index in [-0.39, 0.29) is 6.04 Å². The van der Waals surface area contributed by atoms with Gasteiger partial charge in [-0.15, -0.1) is 10.2 Å². The molecular formula is C22H22N8. The maximum atomic E-state index is 5.04. The van der Waals surface area contributed by atoms with E-state index in [4.69, 9.17) is 4.98 Å². The molecule has 8 heteroatoms.